The van der Waals surface area contributed by atoms with Crippen LogP contribution in [-0.4, -0.2) is 78.3 Å². The van der Waals surface area contributed by atoms with Crippen LogP contribution >= 0.6 is 0 Å². The number of nitrogens with zero attached hydrogens (tertiary/aromatic N) is 1. The summed E-state index contributed by atoms with van der Waals surface area (Å²) in [7, 11) is 2.81. The minimum absolute atomic E-state index is 0.137. The summed E-state index contributed by atoms with van der Waals surface area (Å²) >= 11 is 0. The van der Waals surface area contributed by atoms with Crippen LogP contribution in [0.5, 0.6) is 0 Å². The first kappa shape index (κ1) is 24.8. The predicted molar refractivity (Wildman–Crippen MR) is 118 cm³/mol. The Morgan fingerprint density at radius 3 is 2.52 bits per heavy atom. The van der Waals surface area contributed by atoms with Crippen LogP contribution in [0.25, 0.3) is 0 Å². The molecule has 0 radical (unpaired) electrons. The van der Waals surface area contributed by atoms with Crippen LogP contribution in [0, 0.1) is 5.41 Å². The number of amides is 2. The Bertz CT molecular complexity index is 807. The fourth-order valence-corrected chi connectivity index (χ4v) is 3.22. The number of benzene rings is 1. The summed E-state index contributed by atoms with van der Waals surface area (Å²) in [6.45, 7) is 5.88. The number of aliphatic hydroxyl groups excluding tert-OH is 3. The maximum Gasteiger partial charge on any atom is 0.252 e. The lowest BCUT2D eigenvalue weighted by molar-refractivity contribution is -0.150. The summed E-state index contributed by atoms with van der Waals surface area (Å²) in [5.74, 6) is -1.12. The Morgan fingerprint density at radius 2 is 1.90 bits per heavy atom. The van der Waals surface area contributed by atoms with Gasteiger partial charge < -0.3 is 35.6 Å². The largest absolute Gasteiger partial charge is 0.387 e. The van der Waals surface area contributed by atoms with E-state index in [9.17, 15) is 24.9 Å². The number of carbonyl (C=O) groups excluding carboxylic acids is 2. The molecule has 0 bridgehead atoms. The Morgan fingerprint density at radius 1 is 1.26 bits per heavy atom. The van der Waals surface area contributed by atoms with Crippen LogP contribution in [0.15, 0.2) is 36.4 Å². The average Bonchev–Trinajstić information content (AvgIpc) is 2.83. The molecule has 1 aromatic rings. The molecular weight excluding hydrogens is 402 g/mol. The molecule has 9 nitrogen and oxygen atoms in total. The summed E-state index contributed by atoms with van der Waals surface area (Å²) in [6.07, 6.45) is -3.21. The molecule has 172 valence electrons. The molecule has 1 aromatic carbocycles. The van der Waals surface area contributed by atoms with E-state index in [0.717, 1.165) is 5.69 Å². The van der Waals surface area contributed by atoms with E-state index in [1.54, 1.807) is 25.3 Å². The van der Waals surface area contributed by atoms with Gasteiger partial charge in [-0.3, -0.25) is 9.59 Å². The van der Waals surface area contributed by atoms with E-state index >= 15 is 0 Å². The highest BCUT2D eigenvalue weighted by Gasteiger charge is 2.38. The van der Waals surface area contributed by atoms with Gasteiger partial charge in [-0.05, 0) is 17.5 Å². The molecule has 1 heterocycles. The Labute approximate surface area is 182 Å². The van der Waals surface area contributed by atoms with Crippen molar-refractivity contribution in [2.24, 2.45) is 5.41 Å². The molecule has 0 aromatic heterocycles. The number of nitrogens with one attached hydrogen (secondary N) is 2. The van der Waals surface area contributed by atoms with E-state index in [2.05, 4.69) is 10.6 Å². The van der Waals surface area contributed by atoms with Crippen LogP contribution in [-0.2, 0) is 14.3 Å². The first-order valence-electron chi connectivity index (χ1n) is 10.1. The minimum atomic E-state index is -1.71. The van der Waals surface area contributed by atoms with Crippen LogP contribution < -0.4 is 15.5 Å². The van der Waals surface area contributed by atoms with Crippen LogP contribution in [0.1, 0.15) is 20.8 Å². The zero-order valence-corrected chi connectivity index (χ0v) is 18.6. The molecule has 31 heavy (non-hydrogen) atoms. The third-order valence-corrected chi connectivity index (χ3v) is 5.02. The third kappa shape index (κ3) is 6.27. The molecule has 1 unspecified atom stereocenters. The van der Waals surface area contributed by atoms with Gasteiger partial charge in [0.05, 0.1) is 11.4 Å². The van der Waals surface area contributed by atoms with Crippen molar-refractivity contribution < 1.29 is 29.6 Å². The highest BCUT2D eigenvalue weighted by molar-refractivity contribution is 6.03. The first-order chi connectivity index (χ1) is 14.5. The van der Waals surface area contributed by atoms with Crippen LogP contribution in [0.3, 0.4) is 0 Å². The smallest absolute Gasteiger partial charge is 0.252 e. The zero-order valence-electron chi connectivity index (χ0n) is 18.6. The van der Waals surface area contributed by atoms with Gasteiger partial charge in [0.25, 0.3) is 11.8 Å². The minimum Gasteiger partial charge on any atom is -0.387 e. The molecule has 0 saturated carbocycles. The van der Waals surface area contributed by atoms with E-state index < -0.39 is 36.4 Å². The van der Waals surface area contributed by atoms with Crippen molar-refractivity contribution >= 4 is 23.2 Å². The van der Waals surface area contributed by atoms with Gasteiger partial charge in [0.1, 0.15) is 24.4 Å². The number of hydrogen-bond donors (Lipinski definition) is 5. The summed E-state index contributed by atoms with van der Waals surface area (Å²) in [5.41, 5.74) is 1.19. The number of aliphatic hydroxyl groups is 3. The number of ether oxygens (including phenoxy) is 1. The van der Waals surface area contributed by atoms with E-state index in [4.69, 9.17) is 4.74 Å². The van der Waals surface area contributed by atoms with Gasteiger partial charge in [0.2, 0.25) is 0 Å². The van der Waals surface area contributed by atoms with Gasteiger partial charge in [0, 0.05) is 20.7 Å². The van der Waals surface area contributed by atoms with Gasteiger partial charge in [-0.1, -0.05) is 45.1 Å². The zero-order chi connectivity index (χ0) is 23.3. The van der Waals surface area contributed by atoms with Crippen molar-refractivity contribution in [1.82, 2.24) is 5.32 Å². The molecule has 0 fully saturated rings. The second-order valence-corrected chi connectivity index (χ2v) is 8.71. The lowest BCUT2D eigenvalue weighted by atomic mass is 9.94. The van der Waals surface area contributed by atoms with Crippen molar-refractivity contribution in [3.8, 4) is 0 Å². The molecule has 0 spiro atoms. The lowest BCUT2D eigenvalue weighted by Crippen LogP contribution is -2.57. The summed E-state index contributed by atoms with van der Waals surface area (Å²) in [4.78, 5) is 27.0. The molecule has 0 saturated heterocycles. The van der Waals surface area contributed by atoms with Gasteiger partial charge in [-0.2, -0.15) is 0 Å². The highest BCUT2D eigenvalue weighted by atomic mass is 16.5. The monoisotopic (exact) mass is 435 g/mol. The fourth-order valence-electron chi connectivity index (χ4n) is 3.22. The topological polar surface area (TPSA) is 131 Å². The standard InChI is InChI=1S/C22H33N3O6/c1-22(2,3)11-10-16(26)17(27)18(28)19(31-5)20(29)24-14-12-23-13-8-6-7-9-15(13)25(4)21(14)30/h6-11,14,16-19,23,26-28H,12H2,1-5H3,(H,24,29)/b11-10+/t14?,16-,17+,18-,19-/m1/s1. The van der Waals surface area contributed by atoms with Gasteiger partial charge in [-0.15, -0.1) is 0 Å². The number of fused-ring (bicyclic) bond motifs is 1. The van der Waals surface area contributed by atoms with Crippen LogP contribution in [0.2, 0.25) is 0 Å². The Hall–Kier alpha value is -2.46. The van der Waals surface area contributed by atoms with E-state index in [0.29, 0.717) is 5.69 Å². The summed E-state index contributed by atoms with van der Waals surface area (Å²) in [6, 6.07) is 6.34. The SMILES string of the molecule is CO[C@@H](C(=O)NC1CNc2ccccc2N(C)C1=O)[C@H](O)[C@@H](O)[C@H](O)/C=C/C(C)(C)C. The summed E-state index contributed by atoms with van der Waals surface area (Å²) < 4.78 is 5.08. The van der Waals surface area contributed by atoms with Crippen molar-refractivity contribution in [2.75, 3.05) is 30.9 Å². The number of methoxy groups -OCH3 is 1. The quantitative estimate of drug-likeness (QED) is 0.388. The average molecular weight is 436 g/mol. The van der Waals surface area contributed by atoms with Crippen molar-refractivity contribution in [1.29, 1.82) is 0 Å². The number of hydrogen-bond acceptors (Lipinski definition) is 7. The van der Waals surface area contributed by atoms with Crippen LogP contribution in [0.4, 0.5) is 11.4 Å². The molecule has 1 aliphatic rings. The van der Waals surface area contributed by atoms with Crippen molar-refractivity contribution in [3.05, 3.63) is 36.4 Å². The maximum absolute atomic E-state index is 12.8. The molecule has 9 heteroatoms. The third-order valence-electron chi connectivity index (χ3n) is 5.02. The van der Waals surface area contributed by atoms with E-state index in [-0.39, 0.29) is 17.9 Å². The molecule has 5 N–H and O–H groups in total. The number of para-hydroxylation sites is 2. The maximum atomic E-state index is 12.8. The normalized spacial score (nSPS) is 21.0. The highest BCUT2D eigenvalue weighted by Crippen LogP contribution is 2.27. The second-order valence-electron chi connectivity index (χ2n) is 8.71. The van der Waals surface area contributed by atoms with Crippen molar-refractivity contribution in [2.45, 2.75) is 51.2 Å². The van der Waals surface area contributed by atoms with Crippen molar-refractivity contribution in [3.63, 3.8) is 0 Å². The molecule has 1 aliphatic heterocycles. The van der Waals surface area contributed by atoms with Gasteiger partial charge in [-0.25, -0.2) is 0 Å². The Balaban J connectivity index is 2.08. The number of carbonyl (C=O) groups is 2. The number of likely N-dealkylation sites (N-methyl/N-ethyl adjacent to an activating group) is 1. The molecule has 2 amide bonds. The Kier molecular flexibility index (Phi) is 8.19. The molecule has 0 aliphatic carbocycles. The molecule has 5 atom stereocenters. The summed E-state index contributed by atoms with van der Waals surface area (Å²) in [5, 5.41) is 36.6. The van der Waals surface area contributed by atoms with E-state index in [1.807, 2.05) is 32.9 Å². The van der Waals surface area contributed by atoms with Gasteiger partial charge in [0.15, 0.2) is 6.10 Å². The number of anilines is 2. The number of rotatable bonds is 7. The van der Waals surface area contributed by atoms with Gasteiger partial charge >= 0.3 is 0 Å². The molecule has 2 rings (SSSR count). The lowest BCUT2D eigenvalue weighted by Gasteiger charge is -2.29. The van der Waals surface area contributed by atoms with E-state index in [1.165, 1.54) is 18.1 Å². The molecular formula is C22H33N3O6. The predicted octanol–water partition coefficient (Wildman–Crippen LogP) is 0.260. The first-order valence-corrected chi connectivity index (χ1v) is 10.1. The second kappa shape index (κ2) is 10.2. The fraction of sp³-hybridized carbons (Fsp3) is 0.545. The number of allylic oxidation sites excluding steroid dienone is 1.